The van der Waals surface area contributed by atoms with Crippen molar-refractivity contribution in [2.24, 2.45) is 5.73 Å². The second-order valence-electron chi connectivity index (χ2n) is 7.65. The standard InChI is InChI=1S/C21H27N7/c22-18-10-7-15-27(18)28(16-8-3-1-4-9-16)21-24-19-17(11-12-23-19)20(25-21)26-13-5-2-6-14-26/h1,3-4,8-9,11-12,18H,2,5-7,10,13-15,22H2,(H,23,24,25). The van der Waals surface area contributed by atoms with E-state index in [0.717, 1.165) is 55.0 Å². The molecule has 1 atom stereocenters. The normalized spacial score (nSPS) is 20.8. The summed E-state index contributed by atoms with van der Waals surface area (Å²) in [6.07, 6.45) is 7.70. The van der Waals surface area contributed by atoms with Gasteiger partial charge in [0.2, 0.25) is 5.95 Å². The van der Waals surface area contributed by atoms with Crippen LogP contribution in [0.2, 0.25) is 0 Å². The molecule has 1 unspecified atom stereocenters. The molecule has 2 aliphatic rings. The van der Waals surface area contributed by atoms with Crippen molar-refractivity contribution >= 4 is 28.5 Å². The van der Waals surface area contributed by atoms with Crippen LogP contribution in [0, 0.1) is 0 Å². The molecule has 4 heterocycles. The minimum absolute atomic E-state index is 0.0263. The third-order valence-corrected chi connectivity index (χ3v) is 5.76. The van der Waals surface area contributed by atoms with Crippen LogP contribution >= 0.6 is 0 Å². The van der Waals surface area contributed by atoms with Gasteiger partial charge in [-0.05, 0) is 50.3 Å². The number of para-hydroxylation sites is 1. The fourth-order valence-corrected chi connectivity index (χ4v) is 4.33. The Kier molecular flexibility index (Phi) is 4.62. The van der Waals surface area contributed by atoms with Gasteiger partial charge >= 0.3 is 0 Å². The number of nitrogens with one attached hydrogen (secondary N) is 1. The minimum atomic E-state index is -0.0263. The summed E-state index contributed by atoms with van der Waals surface area (Å²) in [4.78, 5) is 15.7. The van der Waals surface area contributed by atoms with Gasteiger partial charge in [-0.3, -0.25) is 0 Å². The SMILES string of the molecule is NC1CCCN1N(c1ccccc1)c1nc(N2CCCCC2)c2cc[nH]c2n1. The van der Waals surface area contributed by atoms with Crippen molar-refractivity contribution < 1.29 is 0 Å². The van der Waals surface area contributed by atoms with Crippen molar-refractivity contribution in [1.29, 1.82) is 0 Å². The number of hydrazine groups is 1. The molecule has 0 radical (unpaired) electrons. The Morgan fingerprint density at radius 1 is 0.964 bits per heavy atom. The third-order valence-electron chi connectivity index (χ3n) is 5.76. The highest BCUT2D eigenvalue weighted by Gasteiger charge is 2.31. The number of hydrogen-bond acceptors (Lipinski definition) is 6. The maximum Gasteiger partial charge on any atom is 0.249 e. The summed E-state index contributed by atoms with van der Waals surface area (Å²) in [7, 11) is 0. The van der Waals surface area contributed by atoms with Crippen molar-refractivity contribution in [2.75, 3.05) is 29.5 Å². The lowest BCUT2D eigenvalue weighted by Crippen LogP contribution is -2.47. The summed E-state index contributed by atoms with van der Waals surface area (Å²) in [5, 5.41) is 5.38. The highest BCUT2D eigenvalue weighted by atomic mass is 15.7. The monoisotopic (exact) mass is 377 g/mol. The van der Waals surface area contributed by atoms with E-state index >= 15 is 0 Å². The van der Waals surface area contributed by atoms with Gasteiger partial charge in [0.1, 0.15) is 11.5 Å². The molecule has 0 bridgehead atoms. The fourth-order valence-electron chi connectivity index (χ4n) is 4.33. The highest BCUT2D eigenvalue weighted by molar-refractivity contribution is 5.89. The van der Waals surface area contributed by atoms with Gasteiger partial charge in [-0.25, -0.2) is 5.01 Å². The number of H-pyrrole nitrogens is 1. The zero-order chi connectivity index (χ0) is 18.9. The minimum Gasteiger partial charge on any atom is -0.356 e. The molecule has 3 aromatic rings. The van der Waals surface area contributed by atoms with Crippen LogP contribution in [0.15, 0.2) is 42.6 Å². The van der Waals surface area contributed by atoms with Gasteiger partial charge in [0.15, 0.2) is 0 Å². The molecule has 7 heteroatoms. The zero-order valence-corrected chi connectivity index (χ0v) is 16.1. The van der Waals surface area contributed by atoms with Crippen molar-refractivity contribution in [3.63, 3.8) is 0 Å². The summed E-state index contributed by atoms with van der Waals surface area (Å²) in [5.41, 5.74) is 8.35. The van der Waals surface area contributed by atoms with Crippen LogP contribution < -0.4 is 15.6 Å². The molecule has 2 fully saturated rings. The first-order chi connectivity index (χ1) is 13.8. The van der Waals surface area contributed by atoms with Gasteiger partial charge in [-0.1, -0.05) is 18.2 Å². The summed E-state index contributed by atoms with van der Waals surface area (Å²) in [6, 6.07) is 12.4. The Bertz CT molecular complexity index is 932. The van der Waals surface area contributed by atoms with Crippen molar-refractivity contribution in [2.45, 2.75) is 38.3 Å². The van der Waals surface area contributed by atoms with Crippen molar-refractivity contribution in [1.82, 2.24) is 20.0 Å². The molecule has 7 nitrogen and oxygen atoms in total. The largest absolute Gasteiger partial charge is 0.356 e. The van der Waals surface area contributed by atoms with Crippen LogP contribution in [0.25, 0.3) is 11.0 Å². The summed E-state index contributed by atoms with van der Waals surface area (Å²) in [5.74, 6) is 1.70. The lowest BCUT2D eigenvalue weighted by molar-refractivity contribution is 0.259. The van der Waals surface area contributed by atoms with Crippen LogP contribution in [-0.4, -0.2) is 45.8 Å². The molecule has 3 N–H and O–H groups in total. The number of nitrogens with two attached hydrogens (primary N) is 1. The Morgan fingerprint density at radius 3 is 2.54 bits per heavy atom. The van der Waals surface area contributed by atoms with Gasteiger partial charge in [0.05, 0.1) is 17.2 Å². The van der Waals surface area contributed by atoms with Gasteiger partial charge in [0.25, 0.3) is 0 Å². The van der Waals surface area contributed by atoms with Crippen LogP contribution in [0.4, 0.5) is 17.5 Å². The molecule has 0 saturated carbocycles. The van der Waals surface area contributed by atoms with Gasteiger partial charge in [-0.15, -0.1) is 0 Å². The molecule has 2 aliphatic heterocycles. The molecular weight excluding hydrogens is 350 g/mol. The predicted molar refractivity (Wildman–Crippen MR) is 112 cm³/mol. The van der Waals surface area contributed by atoms with Crippen LogP contribution in [0.3, 0.4) is 0 Å². The number of piperidine rings is 1. The predicted octanol–water partition coefficient (Wildman–Crippen LogP) is 3.38. The number of rotatable bonds is 4. The van der Waals surface area contributed by atoms with E-state index in [4.69, 9.17) is 15.7 Å². The van der Waals surface area contributed by atoms with Crippen LogP contribution in [-0.2, 0) is 0 Å². The molecular formula is C21H27N7. The lowest BCUT2D eigenvalue weighted by atomic mass is 10.1. The van der Waals surface area contributed by atoms with E-state index in [1.165, 1.54) is 19.3 Å². The number of benzene rings is 1. The molecule has 2 saturated heterocycles. The second kappa shape index (κ2) is 7.41. The molecule has 0 spiro atoms. The molecule has 28 heavy (non-hydrogen) atoms. The Hall–Kier alpha value is -2.64. The molecule has 146 valence electrons. The van der Waals surface area contributed by atoms with E-state index in [1.54, 1.807) is 0 Å². The Morgan fingerprint density at radius 2 is 1.79 bits per heavy atom. The van der Waals surface area contributed by atoms with Crippen LogP contribution in [0.5, 0.6) is 0 Å². The first-order valence-electron chi connectivity index (χ1n) is 10.3. The number of nitrogens with zero attached hydrogens (tertiary/aromatic N) is 5. The summed E-state index contributed by atoms with van der Waals surface area (Å²) >= 11 is 0. The first kappa shape index (κ1) is 17.5. The number of anilines is 3. The summed E-state index contributed by atoms with van der Waals surface area (Å²) in [6.45, 7) is 3.00. The van der Waals surface area contributed by atoms with E-state index in [-0.39, 0.29) is 6.17 Å². The molecule has 0 aliphatic carbocycles. The maximum absolute atomic E-state index is 6.44. The van der Waals surface area contributed by atoms with E-state index in [9.17, 15) is 0 Å². The van der Waals surface area contributed by atoms with Crippen LogP contribution in [0.1, 0.15) is 32.1 Å². The van der Waals surface area contributed by atoms with Crippen molar-refractivity contribution in [3.05, 3.63) is 42.6 Å². The smallest absolute Gasteiger partial charge is 0.249 e. The molecule has 5 rings (SSSR count). The Balaban J connectivity index is 1.64. The van der Waals surface area contributed by atoms with Gasteiger partial charge in [0, 0.05) is 25.8 Å². The van der Waals surface area contributed by atoms with Crippen molar-refractivity contribution in [3.8, 4) is 0 Å². The number of aromatic amines is 1. The Labute approximate surface area is 165 Å². The first-order valence-corrected chi connectivity index (χ1v) is 10.3. The van der Waals surface area contributed by atoms with E-state index in [1.807, 2.05) is 24.4 Å². The summed E-state index contributed by atoms with van der Waals surface area (Å²) < 4.78 is 0. The highest BCUT2D eigenvalue weighted by Crippen LogP contribution is 2.33. The third kappa shape index (κ3) is 3.10. The molecule has 2 aromatic heterocycles. The zero-order valence-electron chi connectivity index (χ0n) is 16.1. The molecule has 1 aromatic carbocycles. The quantitative estimate of drug-likeness (QED) is 0.726. The number of aromatic nitrogens is 3. The second-order valence-corrected chi connectivity index (χ2v) is 7.65. The van der Waals surface area contributed by atoms with Gasteiger partial charge in [-0.2, -0.15) is 15.0 Å². The number of hydrogen-bond donors (Lipinski definition) is 2. The van der Waals surface area contributed by atoms with E-state index in [2.05, 4.69) is 38.1 Å². The maximum atomic E-state index is 6.44. The average molecular weight is 377 g/mol. The van der Waals surface area contributed by atoms with E-state index < -0.39 is 0 Å². The average Bonchev–Trinajstić information content (AvgIpc) is 3.38. The van der Waals surface area contributed by atoms with E-state index in [0.29, 0.717) is 5.95 Å². The lowest BCUT2D eigenvalue weighted by Gasteiger charge is -2.35. The topological polar surface area (TPSA) is 77.3 Å². The number of fused-ring (bicyclic) bond motifs is 1. The van der Waals surface area contributed by atoms with Gasteiger partial charge < -0.3 is 15.6 Å². The fraction of sp³-hybridized carbons (Fsp3) is 0.429. The molecule has 0 amide bonds.